The van der Waals surface area contributed by atoms with E-state index >= 15 is 0 Å². The van der Waals surface area contributed by atoms with Crippen LogP contribution in [0.1, 0.15) is 17.4 Å². The van der Waals surface area contributed by atoms with Crippen LogP contribution < -0.4 is 0 Å². The van der Waals surface area contributed by atoms with Gasteiger partial charge in [-0.15, -0.1) is 0 Å². The number of methoxy groups -OCH3 is 1. The lowest BCUT2D eigenvalue weighted by atomic mass is 9.97. The molecule has 6 atom stereocenters. The average molecular weight is 504 g/mol. The van der Waals surface area contributed by atoms with E-state index in [0.29, 0.717) is 11.1 Å². The molecule has 34 heavy (non-hydrogen) atoms. The molecule has 0 amide bonds. The Morgan fingerprint density at radius 2 is 1.62 bits per heavy atom. The van der Waals surface area contributed by atoms with E-state index in [0.717, 1.165) is 7.11 Å². The van der Waals surface area contributed by atoms with Gasteiger partial charge in [-0.3, -0.25) is 4.18 Å². The topological polar surface area (TPSA) is 89.5 Å². The molecule has 0 N–H and O–H groups in total. The fourth-order valence-corrected chi connectivity index (χ4v) is 4.38. The van der Waals surface area contributed by atoms with Crippen LogP contribution in [0.3, 0.4) is 0 Å². The number of alkyl halides is 3. The van der Waals surface area contributed by atoms with Gasteiger partial charge in [-0.1, -0.05) is 60.7 Å². The molecule has 0 radical (unpaired) electrons. The average Bonchev–Trinajstić information content (AvgIpc) is 2.83. The molecule has 2 aliphatic heterocycles. The Bertz CT molecular complexity index is 1040. The number of benzene rings is 2. The van der Waals surface area contributed by atoms with Crippen molar-refractivity contribution in [3.63, 3.8) is 0 Å². The first-order valence-electron chi connectivity index (χ1n) is 10.3. The van der Waals surface area contributed by atoms with Crippen molar-refractivity contribution in [1.82, 2.24) is 0 Å². The molecule has 12 heteroatoms. The summed E-state index contributed by atoms with van der Waals surface area (Å²) >= 11 is 0. The van der Waals surface area contributed by atoms with Crippen molar-refractivity contribution < 1.29 is 49.5 Å². The van der Waals surface area contributed by atoms with Crippen molar-refractivity contribution in [1.29, 1.82) is 0 Å². The minimum Gasteiger partial charge on any atom is -0.368 e. The maximum atomic E-state index is 13.1. The molecular formula is C22H23F3O8S. The van der Waals surface area contributed by atoms with Crippen LogP contribution in [-0.2, 0) is 44.6 Å². The van der Waals surface area contributed by atoms with Gasteiger partial charge in [0, 0.05) is 12.7 Å². The van der Waals surface area contributed by atoms with Gasteiger partial charge in [-0.2, -0.15) is 21.6 Å². The van der Waals surface area contributed by atoms with Crippen molar-refractivity contribution in [3.8, 4) is 0 Å². The first kappa shape index (κ1) is 25.0. The van der Waals surface area contributed by atoms with Crippen LogP contribution in [0.5, 0.6) is 0 Å². The van der Waals surface area contributed by atoms with E-state index in [-0.39, 0.29) is 13.2 Å². The molecule has 0 bridgehead atoms. The molecular weight excluding hydrogens is 481 g/mol. The lowest BCUT2D eigenvalue weighted by molar-refractivity contribution is -0.360. The van der Waals surface area contributed by atoms with Gasteiger partial charge in [0.2, 0.25) is 0 Å². The number of ether oxygens (including phenoxy) is 5. The van der Waals surface area contributed by atoms with Gasteiger partial charge in [0.15, 0.2) is 18.7 Å². The molecule has 0 saturated carbocycles. The van der Waals surface area contributed by atoms with E-state index in [1.54, 1.807) is 60.7 Å². The van der Waals surface area contributed by atoms with E-state index in [4.69, 9.17) is 23.7 Å². The highest BCUT2D eigenvalue weighted by atomic mass is 32.2. The normalized spacial score (nSPS) is 30.0. The Hall–Kier alpha value is -2.06. The lowest BCUT2D eigenvalue weighted by Gasteiger charge is -2.48. The van der Waals surface area contributed by atoms with Gasteiger partial charge in [0.05, 0.1) is 13.2 Å². The molecule has 2 saturated heterocycles. The molecule has 2 aromatic carbocycles. The second-order valence-electron chi connectivity index (χ2n) is 7.68. The van der Waals surface area contributed by atoms with Crippen molar-refractivity contribution in [2.75, 3.05) is 13.7 Å². The fraction of sp³-hybridized carbons (Fsp3) is 0.455. The molecule has 0 aliphatic carbocycles. The summed E-state index contributed by atoms with van der Waals surface area (Å²) in [5.41, 5.74) is -4.27. The zero-order chi connectivity index (χ0) is 24.3. The predicted octanol–water partition coefficient (Wildman–Crippen LogP) is 3.29. The Kier molecular flexibility index (Phi) is 7.57. The molecule has 2 heterocycles. The Labute approximate surface area is 194 Å². The summed E-state index contributed by atoms with van der Waals surface area (Å²) in [5, 5.41) is 0. The molecule has 2 aliphatic rings. The van der Waals surface area contributed by atoms with Crippen LogP contribution in [0.4, 0.5) is 13.2 Å². The van der Waals surface area contributed by atoms with Crippen molar-refractivity contribution in [2.45, 2.75) is 49.1 Å². The lowest BCUT2D eigenvalue weighted by Crippen LogP contribution is -2.64. The molecule has 186 valence electrons. The monoisotopic (exact) mass is 504 g/mol. The van der Waals surface area contributed by atoms with Crippen LogP contribution in [-0.4, -0.2) is 58.3 Å². The molecule has 4 unspecified atom stereocenters. The van der Waals surface area contributed by atoms with Crippen LogP contribution in [0, 0.1) is 0 Å². The molecule has 2 fully saturated rings. The fourth-order valence-electron chi connectivity index (χ4n) is 3.78. The smallest absolute Gasteiger partial charge is 0.368 e. The molecule has 0 spiro atoms. The highest BCUT2D eigenvalue weighted by Crippen LogP contribution is 2.38. The summed E-state index contributed by atoms with van der Waals surface area (Å²) in [6.45, 7) is -0.0364. The maximum absolute atomic E-state index is 13.1. The standard InChI is InChI=1S/C22H23F3O8S/c1-28-21-19(33-34(26,27)22(23,24)25)18(29-12-14-8-4-2-5-9-14)17-16(31-21)13-30-20(32-17)15-10-6-3-7-11-15/h2-11,16-21H,12-13H2,1H3/t16?,17-,18?,19?,20?,21-/m1/s1. The largest absolute Gasteiger partial charge is 0.523 e. The van der Waals surface area contributed by atoms with Crippen LogP contribution in [0.15, 0.2) is 60.7 Å². The summed E-state index contributed by atoms with van der Waals surface area (Å²) < 4.78 is 96.2. The van der Waals surface area contributed by atoms with Gasteiger partial charge in [0.25, 0.3) is 0 Å². The van der Waals surface area contributed by atoms with Crippen molar-refractivity contribution >= 4 is 10.1 Å². The number of hydrogen-bond donors (Lipinski definition) is 0. The van der Waals surface area contributed by atoms with E-state index in [1.807, 2.05) is 0 Å². The third kappa shape index (κ3) is 5.43. The highest BCUT2D eigenvalue weighted by Gasteiger charge is 2.57. The van der Waals surface area contributed by atoms with Gasteiger partial charge in [0.1, 0.15) is 18.3 Å². The number of rotatable bonds is 7. The first-order chi connectivity index (χ1) is 16.2. The van der Waals surface area contributed by atoms with Crippen LogP contribution >= 0.6 is 0 Å². The minimum absolute atomic E-state index is 0.00796. The highest BCUT2D eigenvalue weighted by molar-refractivity contribution is 7.87. The summed E-state index contributed by atoms with van der Waals surface area (Å²) in [6.07, 6.45) is -7.26. The SMILES string of the molecule is CO[C@@H]1OC2COC(c3ccccc3)O[C@H]2C(OCc2ccccc2)C1OS(=O)(=O)C(F)(F)F. The number of hydrogen-bond acceptors (Lipinski definition) is 8. The van der Waals surface area contributed by atoms with E-state index in [1.165, 1.54) is 0 Å². The third-order valence-corrected chi connectivity index (χ3v) is 6.44. The van der Waals surface area contributed by atoms with Gasteiger partial charge >= 0.3 is 15.6 Å². The second-order valence-corrected chi connectivity index (χ2v) is 9.24. The Morgan fingerprint density at radius 1 is 0.971 bits per heavy atom. The van der Waals surface area contributed by atoms with Crippen molar-refractivity contribution in [2.24, 2.45) is 0 Å². The minimum atomic E-state index is -5.99. The number of fused-ring (bicyclic) bond motifs is 1. The zero-order valence-corrected chi connectivity index (χ0v) is 18.8. The van der Waals surface area contributed by atoms with Crippen LogP contribution in [0.2, 0.25) is 0 Å². The summed E-state index contributed by atoms with van der Waals surface area (Å²) in [7, 11) is -4.83. The third-order valence-electron chi connectivity index (χ3n) is 5.39. The van der Waals surface area contributed by atoms with E-state index in [2.05, 4.69) is 4.18 Å². The first-order valence-corrected chi connectivity index (χ1v) is 11.8. The maximum Gasteiger partial charge on any atom is 0.523 e. The Morgan fingerprint density at radius 3 is 2.24 bits per heavy atom. The van der Waals surface area contributed by atoms with Gasteiger partial charge in [-0.25, -0.2) is 0 Å². The summed E-state index contributed by atoms with van der Waals surface area (Å²) in [5.74, 6) is 0. The van der Waals surface area contributed by atoms with Gasteiger partial charge in [-0.05, 0) is 5.56 Å². The number of halogens is 3. The molecule has 2 aromatic rings. The van der Waals surface area contributed by atoms with E-state index in [9.17, 15) is 21.6 Å². The van der Waals surface area contributed by atoms with Crippen LogP contribution in [0.25, 0.3) is 0 Å². The molecule has 0 aromatic heterocycles. The molecule has 4 rings (SSSR count). The summed E-state index contributed by atoms with van der Waals surface area (Å²) in [4.78, 5) is 0. The zero-order valence-electron chi connectivity index (χ0n) is 18.0. The summed E-state index contributed by atoms with van der Waals surface area (Å²) in [6, 6.07) is 17.7. The molecule has 8 nitrogen and oxygen atoms in total. The predicted molar refractivity (Wildman–Crippen MR) is 111 cm³/mol. The van der Waals surface area contributed by atoms with Gasteiger partial charge < -0.3 is 23.7 Å². The second kappa shape index (κ2) is 10.3. The van der Waals surface area contributed by atoms with E-state index < -0.39 is 52.6 Å². The van der Waals surface area contributed by atoms with Crippen molar-refractivity contribution in [3.05, 3.63) is 71.8 Å². The Balaban J connectivity index is 1.64. The quantitative estimate of drug-likeness (QED) is 0.419.